The molecule has 0 unspecified atom stereocenters. The van der Waals surface area contributed by atoms with Crippen molar-refractivity contribution in [3.63, 3.8) is 0 Å². The molecule has 0 radical (unpaired) electrons. The summed E-state index contributed by atoms with van der Waals surface area (Å²) >= 11 is 18.4. The van der Waals surface area contributed by atoms with Crippen LogP contribution in [0.1, 0.15) is 18.9 Å². The molecule has 4 heteroatoms. The lowest BCUT2D eigenvalue weighted by Crippen LogP contribution is -1.92. The summed E-state index contributed by atoms with van der Waals surface area (Å²) in [5, 5.41) is 2.67. The van der Waals surface area contributed by atoms with Gasteiger partial charge in [0.05, 0.1) is 10.5 Å². The van der Waals surface area contributed by atoms with Gasteiger partial charge in [-0.05, 0) is 24.6 Å². The second kappa shape index (κ2) is 4.79. The molecule has 0 saturated carbocycles. The summed E-state index contributed by atoms with van der Waals surface area (Å²) in [5.74, 6) is 0. The minimum atomic E-state index is 0.488. The van der Waals surface area contributed by atoms with Crippen LogP contribution in [0.4, 0.5) is 0 Å². The van der Waals surface area contributed by atoms with E-state index in [-0.39, 0.29) is 0 Å². The van der Waals surface area contributed by atoms with Crippen molar-refractivity contribution in [3.8, 4) is 0 Å². The second-order valence-corrected chi connectivity index (χ2v) is 4.78. The Hall–Kier alpha value is -0.500. The van der Waals surface area contributed by atoms with Gasteiger partial charge in [-0.25, -0.2) is 4.98 Å². The maximum Gasteiger partial charge on any atom is 0.134 e. The van der Waals surface area contributed by atoms with Gasteiger partial charge in [0.15, 0.2) is 0 Å². The van der Waals surface area contributed by atoms with E-state index >= 15 is 0 Å². The van der Waals surface area contributed by atoms with Gasteiger partial charge in [0.1, 0.15) is 5.15 Å². The van der Waals surface area contributed by atoms with Gasteiger partial charge in [-0.2, -0.15) is 0 Å². The van der Waals surface area contributed by atoms with Crippen molar-refractivity contribution >= 4 is 45.7 Å². The Morgan fingerprint density at radius 3 is 2.62 bits per heavy atom. The van der Waals surface area contributed by atoms with Crippen LogP contribution >= 0.6 is 34.8 Å². The summed E-state index contributed by atoms with van der Waals surface area (Å²) in [5.41, 5.74) is 1.68. The van der Waals surface area contributed by atoms with Crippen LogP contribution in [0.3, 0.4) is 0 Å². The van der Waals surface area contributed by atoms with Crippen LogP contribution < -0.4 is 0 Å². The topological polar surface area (TPSA) is 12.9 Å². The van der Waals surface area contributed by atoms with Crippen molar-refractivity contribution in [1.82, 2.24) is 4.98 Å². The average Bonchev–Trinajstić information content (AvgIpc) is 2.26. The van der Waals surface area contributed by atoms with Gasteiger partial charge in [0.25, 0.3) is 0 Å². The average molecular weight is 275 g/mol. The highest BCUT2D eigenvalue weighted by Crippen LogP contribution is 2.32. The van der Waals surface area contributed by atoms with Crippen molar-refractivity contribution in [1.29, 1.82) is 0 Å². The molecule has 0 N–H and O–H groups in total. The van der Waals surface area contributed by atoms with Gasteiger partial charge in [-0.15, -0.1) is 0 Å². The summed E-state index contributed by atoms with van der Waals surface area (Å²) in [7, 11) is 0. The predicted octanol–water partition coefficient (Wildman–Crippen LogP) is 5.15. The molecule has 0 aliphatic heterocycles. The third-order valence-corrected chi connectivity index (χ3v) is 3.41. The van der Waals surface area contributed by atoms with E-state index in [4.69, 9.17) is 34.8 Å². The van der Waals surface area contributed by atoms with E-state index in [1.54, 1.807) is 6.07 Å². The van der Waals surface area contributed by atoms with Crippen LogP contribution in [0.25, 0.3) is 10.9 Å². The molecule has 0 atom stereocenters. The van der Waals surface area contributed by atoms with Crippen LogP contribution in [0, 0.1) is 0 Å². The van der Waals surface area contributed by atoms with E-state index in [1.807, 2.05) is 12.1 Å². The van der Waals surface area contributed by atoms with Crippen molar-refractivity contribution in [3.05, 3.63) is 39.0 Å². The smallest absolute Gasteiger partial charge is 0.134 e. The molecule has 1 heterocycles. The Morgan fingerprint density at radius 1 is 1.19 bits per heavy atom. The SMILES string of the molecule is CCCc1c(Cl)nc2ccc(Cl)cc2c1Cl. The Balaban J connectivity index is 2.74. The van der Waals surface area contributed by atoms with Crippen molar-refractivity contribution < 1.29 is 0 Å². The van der Waals surface area contributed by atoms with Crippen molar-refractivity contribution in [2.75, 3.05) is 0 Å². The van der Waals surface area contributed by atoms with Gasteiger partial charge in [-0.3, -0.25) is 0 Å². The molecule has 1 aromatic carbocycles. The van der Waals surface area contributed by atoms with Gasteiger partial charge in [0, 0.05) is 16.0 Å². The lowest BCUT2D eigenvalue weighted by molar-refractivity contribution is 0.918. The molecule has 0 bridgehead atoms. The van der Waals surface area contributed by atoms with Gasteiger partial charge in [0.2, 0.25) is 0 Å². The summed E-state index contributed by atoms with van der Waals surface area (Å²) in [6, 6.07) is 5.43. The molecule has 0 saturated heterocycles. The van der Waals surface area contributed by atoms with Crippen LogP contribution in [0.15, 0.2) is 18.2 Å². The largest absolute Gasteiger partial charge is 0.236 e. The summed E-state index contributed by atoms with van der Waals surface area (Å²) < 4.78 is 0. The maximum atomic E-state index is 6.31. The standard InChI is InChI=1S/C12H10Cl3N/c1-2-3-8-11(14)9-6-7(13)4-5-10(9)16-12(8)15/h4-6H,2-3H2,1H3. The van der Waals surface area contributed by atoms with E-state index in [0.717, 1.165) is 29.3 Å². The molecular weight excluding hydrogens is 264 g/mol. The van der Waals surface area contributed by atoms with E-state index < -0.39 is 0 Å². The molecule has 16 heavy (non-hydrogen) atoms. The van der Waals surface area contributed by atoms with Crippen LogP contribution in [-0.2, 0) is 6.42 Å². The first-order chi connectivity index (χ1) is 7.63. The van der Waals surface area contributed by atoms with E-state index in [9.17, 15) is 0 Å². The zero-order valence-corrected chi connectivity index (χ0v) is 11.0. The number of hydrogen-bond acceptors (Lipinski definition) is 1. The number of pyridine rings is 1. The summed E-state index contributed by atoms with van der Waals surface area (Å²) in [4.78, 5) is 4.32. The van der Waals surface area contributed by atoms with Crippen LogP contribution in [0.5, 0.6) is 0 Å². The normalized spacial score (nSPS) is 11.0. The van der Waals surface area contributed by atoms with Gasteiger partial charge in [-0.1, -0.05) is 48.1 Å². The fraction of sp³-hybridized carbons (Fsp3) is 0.250. The Kier molecular flexibility index (Phi) is 3.58. The highest BCUT2D eigenvalue weighted by atomic mass is 35.5. The molecule has 0 aliphatic carbocycles. The summed E-state index contributed by atoms with van der Waals surface area (Å²) in [6.45, 7) is 2.08. The lowest BCUT2D eigenvalue weighted by Gasteiger charge is -2.08. The van der Waals surface area contributed by atoms with E-state index in [2.05, 4.69) is 11.9 Å². The number of nitrogens with zero attached hydrogens (tertiary/aromatic N) is 1. The van der Waals surface area contributed by atoms with Crippen molar-refractivity contribution in [2.24, 2.45) is 0 Å². The number of halogens is 3. The quantitative estimate of drug-likeness (QED) is 0.690. The number of hydrogen-bond donors (Lipinski definition) is 0. The number of aromatic nitrogens is 1. The molecule has 0 fully saturated rings. The van der Waals surface area contributed by atoms with Gasteiger partial charge < -0.3 is 0 Å². The fourth-order valence-electron chi connectivity index (χ4n) is 1.67. The van der Waals surface area contributed by atoms with Crippen LogP contribution in [-0.4, -0.2) is 4.98 Å². The third kappa shape index (κ3) is 2.13. The summed E-state index contributed by atoms with van der Waals surface area (Å²) in [6.07, 6.45) is 1.81. The van der Waals surface area contributed by atoms with Crippen LogP contribution in [0.2, 0.25) is 15.2 Å². The Morgan fingerprint density at radius 2 is 1.94 bits per heavy atom. The molecule has 0 spiro atoms. The molecule has 1 aromatic heterocycles. The Labute approximate surface area is 109 Å². The highest BCUT2D eigenvalue weighted by molar-refractivity contribution is 6.39. The zero-order valence-electron chi connectivity index (χ0n) is 8.73. The molecule has 84 valence electrons. The number of benzene rings is 1. The minimum Gasteiger partial charge on any atom is -0.236 e. The molecule has 1 nitrogen and oxygen atoms in total. The second-order valence-electron chi connectivity index (χ2n) is 3.61. The third-order valence-electron chi connectivity index (χ3n) is 2.43. The lowest BCUT2D eigenvalue weighted by atomic mass is 10.1. The molecule has 2 rings (SSSR count). The maximum absolute atomic E-state index is 6.31. The zero-order chi connectivity index (χ0) is 11.7. The molecule has 2 aromatic rings. The first kappa shape index (κ1) is 12.0. The predicted molar refractivity (Wildman–Crippen MR) is 70.8 cm³/mol. The Bertz CT molecular complexity index is 537. The minimum absolute atomic E-state index is 0.488. The van der Waals surface area contributed by atoms with E-state index in [0.29, 0.717) is 15.2 Å². The van der Waals surface area contributed by atoms with Gasteiger partial charge >= 0.3 is 0 Å². The number of fused-ring (bicyclic) bond motifs is 1. The number of rotatable bonds is 2. The molecular formula is C12H10Cl3N. The van der Waals surface area contributed by atoms with E-state index in [1.165, 1.54) is 0 Å². The van der Waals surface area contributed by atoms with Crippen molar-refractivity contribution in [2.45, 2.75) is 19.8 Å². The monoisotopic (exact) mass is 273 g/mol. The molecule has 0 aliphatic rings. The first-order valence-corrected chi connectivity index (χ1v) is 6.20. The first-order valence-electron chi connectivity index (χ1n) is 5.06. The molecule has 0 amide bonds. The highest BCUT2D eigenvalue weighted by Gasteiger charge is 2.11. The fourth-order valence-corrected chi connectivity index (χ4v) is 2.51.